The van der Waals surface area contributed by atoms with Gasteiger partial charge in [0.25, 0.3) is 0 Å². The van der Waals surface area contributed by atoms with Gasteiger partial charge < -0.3 is 0 Å². The molecule has 1 aliphatic heterocycles. The number of pyridine rings is 2. The van der Waals surface area contributed by atoms with Crippen LogP contribution in [0.5, 0.6) is 0 Å². The van der Waals surface area contributed by atoms with Crippen LogP contribution in [0.3, 0.4) is 0 Å². The van der Waals surface area contributed by atoms with E-state index in [1.54, 1.807) is 18.5 Å². The molecule has 3 aromatic heterocycles. The predicted octanol–water partition coefficient (Wildman–Crippen LogP) is 4.30. The average Bonchev–Trinajstić information content (AvgIpc) is 2.80. The van der Waals surface area contributed by atoms with Gasteiger partial charge in [-0.25, -0.2) is 14.4 Å². The van der Waals surface area contributed by atoms with E-state index in [1.165, 1.54) is 17.7 Å². The molecule has 6 heteroatoms. The highest BCUT2D eigenvalue weighted by atomic mass is 19.1. The normalized spacial score (nSPS) is 13.8. The van der Waals surface area contributed by atoms with E-state index in [9.17, 15) is 4.39 Å². The van der Waals surface area contributed by atoms with E-state index >= 15 is 0 Å². The summed E-state index contributed by atoms with van der Waals surface area (Å²) in [5.74, 6) is 0.501. The van der Waals surface area contributed by atoms with Crippen LogP contribution in [0, 0.1) is 5.82 Å². The van der Waals surface area contributed by atoms with Crippen molar-refractivity contribution in [3.05, 3.63) is 96.0 Å². The van der Waals surface area contributed by atoms with Gasteiger partial charge in [-0.15, -0.1) is 0 Å². The Kier molecular flexibility index (Phi) is 4.99. The van der Waals surface area contributed by atoms with Gasteiger partial charge in [0.15, 0.2) is 5.82 Å². The molecule has 0 atom stereocenters. The van der Waals surface area contributed by atoms with Gasteiger partial charge in [-0.2, -0.15) is 0 Å². The molecule has 1 aliphatic rings. The lowest BCUT2D eigenvalue weighted by atomic mass is 10.1. The first kappa shape index (κ1) is 18.5. The van der Waals surface area contributed by atoms with Crippen molar-refractivity contribution in [3.63, 3.8) is 0 Å². The highest BCUT2D eigenvalue weighted by Gasteiger charge is 2.19. The van der Waals surface area contributed by atoms with Crippen LogP contribution in [0.15, 0.2) is 73.3 Å². The molecule has 0 fully saturated rings. The Morgan fingerprint density at radius 1 is 0.933 bits per heavy atom. The van der Waals surface area contributed by atoms with Crippen LogP contribution in [-0.4, -0.2) is 31.4 Å². The molecule has 0 unspecified atom stereocenters. The van der Waals surface area contributed by atoms with E-state index in [4.69, 9.17) is 4.98 Å². The smallest absolute Gasteiger partial charge is 0.159 e. The fourth-order valence-electron chi connectivity index (χ4n) is 3.74. The van der Waals surface area contributed by atoms with E-state index < -0.39 is 0 Å². The quantitative estimate of drug-likeness (QED) is 0.514. The number of hydrogen-bond acceptors (Lipinski definition) is 5. The summed E-state index contributed by atoms with van der Waals surface area (Å²) in [6.07, 6.45) is 8.22. The van der Waals surface area contributed by atoms with E-state index in [0.29, 0.717) is 0 Å². The third-order valence-electron chi connectivity index (χ3n) is 5.30. The van der Waals surface area contributed by atoms with Crippen molar-refractivity contribution in [1.29, 1.82) is 0 Å². The molecule has 4 aromatic rings. The number of fused-ring (bicyclic) bond motifs is 1. The van der Waals surface area contributed by atoms with Gasteiger partial charge in [0.1, 0.15) is 5.82 Å². The van der Waals surface area contributed by atoms with Crippen LogP contribution in [0.1, 0.15) is 16.8 Å². The van der Waals surface area contributed by atoms with Gasteiger partial charge in [0, 0.05) is 67.5 Å². The molecule has 4 heterocycles. The van der Waals surface area contributed by atoms with Crippen molar-refractivity contribution in [2.75, 3.05) is 6.54 Å². The van der Waals surface area contributed by atoms with Crippen LogP contribution in [0.2, 0.25) is 0 Å². The highest BCUT2D eigenvalue weighted by molar-refractivity contribution is 5.59. The molecule has 0 N–H and O–H groups in total. The van der Waals surface area contributed by atoms with Gasteiger partial charge in [0.2, 0.25) is 0 Å². The second-order valence-corrected chi connectivity index (χ2v) is 7.42. The number of aromatic nitrogens is 4. The van der Waals surface area contributed by atoms with Crippen molar-refractivity contribution >= 4 is 0 Å². The fraction of sp³-hybridized carbons (Fsp3) is 0.167. The Morgan fingerprint density at radius 2 is 1.83 bits per heavy atom. The zero-order chi connectivity index (χ0) is 20.3. The number of benzene rings is 1. The van der Waals surface area contributed by atoms with Gasteiger partial charge in [-0.1, -0.05) is 18.2 Å². The first-order valence-electron chi connectivity index (χ1n) is 9.93. The number of halogens is 1. The maximum absolute atomic E-state index is 13.4. The Morgan fingerprint density at radius 3 is 2.63 bits per heavy atom. The summed E-state index contributed by atoms with van der Waals surface area (Å²) in [5.41, 5.74) is 5.97. The Labute approximate surface area is 174 Å². The predicted molar refractivity (Wildman–Crippen MR) is 113 cm³/mol. The third kappa shape index (κ3) is 3.95. The van der Waals surface area contributed by atoms with Gasteiger partial charge >= 0.3 is 0 Å². The van der Waals surface area contributed by atoms with Crippen molar-refractivity contribution < 1.29 is 4.39 Å². The van der Waals surface area contributed by atoms with Crippen molar-refractivity contribution in [3.8, 4) is 22.6 Å². The summed E-state index contributed by atoms with van der Waals surface area (Å²) in [4.78, 5) is 20.3. The second kappa shape index (κ2) is 8.08. The van der Waals surface area contributed by atoms with E-state index in [0.717, 1.165) is 60.0 Å². The Bertz CT molecular complexity index is 1160. The van der Waals surface area contributed by atoms with Crippen molar-refractivity contribution in [2.45, 2.75) is 19.5 Å². The molecular formula is C24H20FN5. The van der Waals surface area contributed by atoms with Crippen LogP contribution in [0.25, 0.3) is 22.6 Å². The molecule has 0 bridgehead atoms. The zero-order valence-electron chi connectivity index (χ0n) is 16.4. The first-order chi connectivity index (χ1) is 14.7. The summed E-state index contributed by atoms with van der Waals surface area (Å²) in [6.45, 7) is 2.56. The minimum absolute atomic E-state index is 0.250. The van der Waals surface area contributed by atoms with Crippen LogP contribution in [-0.2, 0) is 19.5 Å². The van der Waals surface area contributed by atoms with Crippen molar-refractivity contribution in [1.82, 2.24) is 24.8 Å². The third-order valence-corrected chi connectivity index (χ3v) is 5.30. The fourth-order valence-corrected chi connectivity index (χ4v) is 3.74. The number of hydrogen-bond donors (Lipinski definition) is 0. The molecule has 0 spiro atoms. The molecule has 5 nitrogen and oxygen atoms in total. The molecule has 0 saturated heterocycles. The average molecular weight is 397 g/mol. The standard InChI is InChI=1S/C24H20FN5/c25-21-3-1-2-19(12-21)22-5-4-17(13-27-22)15-30-11-8-23-20(16-30)14-28-24(29-23)18-6-9-26-10-7-18/h1-7,9-10,12-14H,8,11,15-16H2. The SMILES string of the molecule is Fc1cccc(-c2ccc(CN3CCc4nc(-c5ccncc5)ncc4C3)cn2)c1. The van der Waals surface area contributed by atoms with E-state index in [1.807, 2.05) is 36.7 Å². The van der Waals surface area contributed by atoms with Crippen LogP contribution in [0.4, 0.5) is 4.39 Å². The lowest BCUT2D eigenvalue weighted by molar-refractivity contribution is 0.242. The molecule has 30 heavy (non-hydrogen) atoms. The van der Waals surface area contributed by atoms with Crippen LogP contribution < -0.4 is 0 Å². The molecule has 0 saturated carbocycles. The summed E-state index contributed by atoms with van der Waals surface area (Å²) < 4.78 is 13.4. The summed E-state index contributed by atoms with van der Waals surface area (Å²) >= 11 is 0. The highest BCUT2D eigenvalue weighted by Crippen LogP contribution is 2.23. The molecule has 0 amide bonds. The molecular weight excluding hydrogens is 377 g/mol. The second-order valence-electron chi connectivity index (χ2n) is 7.42. The summed E-state index contributed by atoms with van der Waals surface area (Å²) in [7, 11) is 0. The zero-order valence-corrected chi connectivity index (χ0v) is 16.4. The molecule has 148 valence electrons. The van der Waals surface area contributed by atoms with Crippen molar-refractivity contribution in [2.24, 2.45) is 0 Å². The number of nitrogens with zero attached hydrogens (tertiary/aromatic N) is 5. The Hall–Kier alpha value is -3.51. The summed E-state index contributed by atoms with van der Waals surface area (Å²) in [5, 5.41) is 0. The molecule has 5 rings (SSSR count). The molecule has 0 aliphatic carbocycles. The first-order valence-corrected chi connectivity index (χ1v) is 9.93. The van der Waals surface area contributed by atoms with E-state index in [-0.39, 0.29) is 5.82 Å². The molecule has 1 aromatic carbocycles. The van der Waals surface area contributed by atoms with E-state index in [2.05, 4.69) is 25.9 Å². The largest absolute Gasteiger partial charge is 0.294 e. The Balaban J connectivity index is 1.27. The van der Waals surface area contributed by atoms with Gasteiger partial charge in [-0.05, 0) is 35.9 Å². The lowest BCUT2D eigenvalue weighted by Gasteiger charge is -2.28. The van der Waals surface area contributed by atoms with Gasteiger partial charge in [0.05, 0.1) is 11.4 Å². The topological polar surface area (TPSA) is 54.8 Å². The van der Waals surface area contributed by atoms with Gasteiger partial charge in [-0.3, -0.25) is 14.9 Å². The maximum atomic E-state index is 13.4. The lowest BCUT2D eigenvalue weighted by Crippen LogP contribution is -2.31. The minimum Gasteiger partial charge on any atom is -0.294 e. The number of rotatable bonds is 4. The van der Waals surface area contributed by atoms with Crippen LogP contribution >= 0.6 is 0 Å². The monoisotopic (exact) mass is 397 g/mol. The maximum Gasteiger partial charge on any atom is 0.159 e. The molecule has 0 radical (unpaired) electrons. The minimum atomic E-state index is -0.250. The summed E-state index contributed by atoms with van der Waals surface area (Å²) in [6, 6.07) is 14.4.